The molecule has 11 heteroatoms. The third kappa shape index (κ3) is 6.30. The second-order valence-electron chi connectivity index (χ2n) is 8.01. The van der Waals surface area contributed by atoms with Crippen molar-refractivity contribution in [2.75, 3.05) is 0 Å². The first-order chi connectivity index (χ1) is 18.1. The minimum absolute atomic E-state index is 0.0129. The molecule has 0 aliphatic heterocycles. The molecule has 0 spiro atoms. The van der Waals surface area contributed by atoms with Gasteiger partial charge in [0.05, 0.1) is 5.39 Å². The van der Waals surface area contributed by atoms with Crippen molar-refractivity contribution >= 4 is 23.0 Å². The fourth-order valence-electron chi connectivity index (χ4n) is 3.31. The predicted molar refractivity (Wildman–Crippen MR) is 129 cm³/mol. The number of ether oxygens (including phenoxy) is 3. The van der Waals surface area contributed by atoms with E-state index in [1.165, 1.54) is 37.3 Å². The molecular formula is C27H20F3NO7. The molecule has 38 heavy (non-hydrogen) atoms. The quantitative estimate of drug-likeness (QED) is 0.238. The van der Waals surface area contributed by atoms with Gasteiger partial charge in [-0.2, -0.15) is 13.2 Å². The maximum atomic E-state index is 13.7. The van der Waals surface area contributed by atoms with Crippen LogP contribution in [0.2, 0.25) is 0 Å². The molecule has 0 bridgehead atoms. The van der Waals surface area contributed by atoms with Gasteiger partial charge < -0.3 is 23.9 Å². The van der Waals surface area contributed by atoms with Crippen LogP contribution < -0.4 is 20.2 Å². The number of fused-ring (bicyclic) bond motifs is 1. The number of esters is 1. The highest BCUT2D eigenvalue weighted by atomic mass is 19.4. The molecule has 1 N–H and O–H groups in total. The van der Waals surface area contributed by atoms with E-state index < -0.39 is 46.8 Å². The summed E-state index contributed by atoms with van der Waals surface area (Å²) < 4.78 is 61.6. The lowest BCUT2D eigenvalue weighted by Crippen LogP contribution is -2.41. The number of nitrogens with one attached hydrogen (secondary N) is 1. The van der Waals surface area contributed by atoms with Crippen LogP contribution >= 0.6 is 0 Å². The summed E-state index contributed by atoms with van der Waals surface area (Å²) in [7, 11) is 0. The zero-order valence-corrected chi connectivity index (χ0v) is 19.8. The second-order valence-corrected chi connectivity index (χ2v) is 8.01. The average Bonchev–Trinajstić information content (AvgIpc) is 2.89. The second kappa shape index (κ2) is 11.1. The number of alkyl halides is 3. The number of para-hydroxylation sites is 1. The van der Waals surface area contributed by atoms with E-state index in [-0.39, 0.29) is 23.5 Å². The molecule has 8 nitrogen and oxygen atoms in total. The van der Waals surface area contributed by atoms with Gasteiger partial charge >= 0.3 is 18.2 Å². The van der Waals surface area contributed by atoms with Crippen LogP contribution in [0.1, 0.15) is 18.2 Å². The van der Waals surface area contributed by atoms with Gasteiger partial charge in [-0.25, -0.2) is 9.59 Å². The smallest absolute Gasteiger partial charge is 0.449 e. The Bertz CT molecular complexity index is 1500. The minimum atomic E-state index is -5.05. The summed E-state index contributed by atoms with van der Waals surface area (Å²) in [6.07, 6.45) is -5.92. The van der Waals surface area contributed by atoms with E-state index in [9.17, 15) is 27.6 Å². The van der Waals surface area contributed by atoms with E-state index in [2.05, 4.69) is 5.32 Å². The molecule has 3 aromatic carbocycles. The van der Waals surface area contributed by atoms with Crippen molar-refractivity contribution < 1.29 is 41.4 Å². The Morgan fingerprint density at radius 1 is 0.947 bits per heavy atom. The number of hydrogen-bond donors (Lipinski definition) is 1. The van der Waals surface area contributed by atoms with E-state index in [1.807, 2.05) is 0 Å². The summed E-state index contributed by atoms with van der Waals surface area (Å²) in [4.78, 5) is 37.3. The number of halogens is 3. The fourth-order valence-corrected chi connectivity index (χ4v) is 3.31. The summed E-state index contributed by atoms with van der Waals surface area (Å²) in [5.41, 5.74) is -0.793. The van der Waals surface area contributed by atoms with Gasteiger partial charge in [0.1, 0.15) is 29.7 Å². The monoisotopic (exact) mass is 527 g/mol. The van der Waals surface area contributed by atoms with Crippen LogP contribution in [0.25, 0.3) is 11.0 Å². The summed E-state index contributed by atoms with van der Waals surface area (Å²) in [5, 5.41) is 2.08. The molecule has 0 saturated carbocycles. The number of hydrogen-bond acceptors (Lipinski definition) is 7. The van der Waals surface area contributed by atoms with Crippen LogP contribution in [-0.2, 0) is 22.3 Å². The molecule has 0 saturated heterocycles. The van der Waals surface area contributed by atoms with E-state index >= 15 is 0 Å². The topological polar surface area (TPSA) is 104 Å². The van der Waals surface area contributed by atoms with Crippen LogP contribution in [0.15, 0.2) is 88.1 Å². The molecule has 1 amide bonds. The molecular weight excluding hydrogens is 507 g/mol. The Kier molecular flexibility index (Phi) is 7.66. The summed E-state index contributed by atoms with van der Waals surface area (Å²) in [6, 6.07) is 18.5. The Balaban J connectivity index is 1.50. The molecule has 1 heterocycles. The maximum Gasteiger partial charge on any atom is 0.453 e. The average molecular weight is 527 g/mol. The van der Waals surface area contributed by atoms with Crippen molar-refractivity contribution in [2.45, 2.75) is 25.7 Å². The van der Waals surface area contributed by atoms with E-state index in [4.69, 9.17) is 18.6 Å². The van der Waals surface area contributed by atoms with Gasteiger partial charge in [-0.3, -0.25) is 4.79 Å². The molecule has 4 rings (SSSR count). The lowest BCUT2D eigenvalue weighted by atomic mass is 10.2. The summed E-state index contributed by atoms with van der Waals surface area (Å²) in [6.45, 7) is 1.32. The highest BCUT2D eigenvalue weighted by Crippen LogP contribution is 2.38. The van der Waals surface area contributed by atoms with Crippen LogP contribution in [0.5, 0.6) is 17.2 Å². The highest BCUT2D eigenvalue weighted by Gasteiger charge is 2.40. The van der Waals surface area contributed by atoms with Crippen LogP contribution in [0, 0.1) is 0 Å². The van der Waals surface area contributed by atoms with Crippen molar-refractivity contribution in [3.05, 3.63) is 100 Å². The van der Waals surface area contributed by atoms with Crippen molar-refractivity contribution in [3.63, 3.8) is 0 Å². The zero-order chi connectivity index (χ0) is 27.3. The molecule has 0 fully saturated rings. The van der Waals surface area contributed by atoms with Gasteiger partial charge in [0.2, 0.25) is 11.2 Å². The van der Waals surface area contributed by atoms with Crippen LogP contribution in [0.3, 0.4) is 0 Å². The van der Waals surface area contributed by atoms with Gasteiger partial charge in [0.15, 0.2) is 0 Å². The Labute approximate surface area is 213 Å². The van der Waals surface area contributed by atoms with Crippen molar-refractivity contribution in [1.29, 1.82) is 0 Å². The fraction of sp³-hybridized carbons (Fsp3) is 0.148. The van der Waals surface area contributed by atoms with Gasteiger partial charge in [0, 0.05) is 6.07 Å². The maximum absolute atomic E-state index is 13.7. The van der Waals surface area contributed by atoms with E-state index in [0.29, 0.717) is 0 Å². The SMILES string of the molecule is C[C@@H](NC(=O)OCc1ccccc1)C(=O)Oc1ccc2c(=O)c(Oc3ccccc3)c(C(F)(F)F)oc2c1. The molecule has 1 atom stereocenters. The largest absolute Gasteiger partial charge is 0.453 e. The Morgan fingerprint density at radius 2 is 1.61 bits per heavy atom. The molecule has 0 radical (unpaired) electrons. The number of amides is 1. The molecule has 4 aromatic rings. The first-order valence-corrected chi connectivity index (χ1v) is 11.2. The normalized spacial score (nSPS) is 12.0. The van der Waals surface area contributed by atoms with Crippen LogP contribution in [0.4, 0.5) is 18.0 Å². The van der Waals surface area contributed by atoms with Gasteiger partial charge in [-0.15, -0.1) is 0 Å². The minimum Gasteiger partial charge on any atom is -0.449 e. The summed E-state index contributed by atoms with van der Waals surface area (Å²) in [5.74, 6) is -3.78. The van der Waals surface area contributed by atoms with Crippen molar-refractivity contribution in [3.8, 4) is 17.2 Å². The van der Waals surface area contributed by atoms with Crippen molar-refractivity contribution in [1.82, 2.24) is 5.32 Å². The van der Waals surface area contributed by atoms with Gasteiger partial charge in [-0.05, 0) is 36.8 Å². The first-order valence-electron chi connectivity index (χ1n) is 11.2. The molecule has 0 aliphatic rings. The number of carbonyl (C=O) groups excluding carboxylic acids is 2. The summed E-state index contributed by atoms with van der Waals surface area (Å²) >= 11 is 0. The third-order valence-corrected chi connectivity index (χ3v) is 5.16. The lowest BCUT2D eigenvalue weighted by Gasteiger charge is -2.15. The van der Waals surface area contributed by atoms with Gasteiger partial charge in [-0.1, -0.05) is 48.5 Å². The molecule has 0 unspecified atom stereocenters. The molecule has 196 valence electrons. The number of alkyl carbamates (subject to hydrolysis) is 1. The molecule has 1 aromatic heterocycles. The van der Waals surface area contributed by atoms with Crippen LogP contribution in [-0.4, -0.2) is 18.1 Å². The Morgan fingerprint density at radius 3 is 2.26 bits per heavy atom. The standard InChI is InChI=1S/C27H20F3NO7/c1-16(31-26(34)35-15-17-8-4-2-5-9-17)25(33)37-19-12-13-20-21(14-19)38-24(27(28,29)30)23(22(20)32)36-18-10-6-3-7-11-18/h2-14,16H,15H2,1H3,(H,31,34)/t16-/m1/s1. The highest BCUT2D eigenvalue weighted by molar-refractivity contribution is 5.84. The molecule has 0 aliphatic carbocycles. The number of carbonyl (C=O) groups is 2. The Hall–Kier alpha value is -4.80. The lowest BCUT2D eigenvalue weighted by molar-refractivity contribution is -0.154. The number of rotatable bonds is 7. The first kappa shape index (κ1) is 26.3. The van der Waals surface area contributed by atoms with E-state index in [1.54, 1.807) is 36.4 Å². The third-order valence-electron chi connectivity index (χ3n) is 5.16. The predicted octanol–water partition coefficient (Wildman–Crippen LogP) is 5.82. The zero-order valence-electron chi connectivity index (χ0n) is 19.8. The van der Waals surface area contributed by atoms with E-state index in [0.717, 1.165) is 17.7 Å². The van der Waals surface area contributed by atoms with Crippen molar-refractivity contribution in [2.24, 2.45) is 0 Å². The number of benzene rings is 3. The van der Waals surface area contributed by atoms with Gasteiger partial charge in [0.25, 0.3) is 5.76 Å².